The second-order valence-corrected chi connectivity index (χ2v) is 4.36. The van der Waals surface area contributed by atoms with Gasteiger partial charge in [0, 0.05) is 5.56 Å². The van der Waals surface area contributed by atoms with E-state index in [0.717, 1.165) is 0 Å². The molecule has 1 aromatic carbocycles. The Hall–Kier alpha value is -1.63. The van der Waals surface area contributed by atoms with Crippen molar-refractivity contribution in [3.05, 3.63) is 23.3 Å². The molecule has 1 heterocycles. The number of hydrogen-bond donors (Lipinski definition) is 3. The van der Waals surface area contributed by atoms with Crippen LogP contribution in [0.3, 0.4) is 0 Å². The van der Waals surface area contributed by atoms with Gasteiger partial charge in [-0.05, 0) is 37.7 Å². The fraction of sp³-hybridized carbons (Fsp3) is 0.462. The maximum Gasteiger partial charge on any atom is 0.231 e. The van der Waals surface area contributed by atoms with Crippen LogP contribution in [-0.2, 0) is 0 Å². The topological polar surface area (TPSA) is 88.0 Å². The Bertz CT molecular complexity index is 463. The minimum absolute atomic E-state index is 0.0927. The zero-order chi connectivity index (χ0) is 13.8. The highest BCUT2D eigenvalue weighted by Gasteiger charge is 2.25. The predicted octanol–water partition coefficient (Wildman–Crippen LogP) is 0.232. The molecule has 2 unspecified atom stereocenters. The van der Waals surface area contributed by atoms with E-state index < -0.39 is 12.2 Å². The van der Waals surface area contributed by atoms with E-state index in [2.05, 4.69) is 5.32 Å². The molecule has 0 aromatic heterocycles. The number of ether oxygens (including phenoxy) is 2. The smallest absolute Gasteiger partial charge is 0.231 e. The second-order valence-electron chi connectivity index (χ2n) is 4.36. The van der Waals surface area contributed by atoms with Gasteiger partial charge in [0.05, 0.1) is 6.10 Å². The summed E-state index contributed by atoms with van der Waals surface area (Å²) in [6.45, 7) is 0.661. The molecule has 2 rings (SSSR count). The van der Waals surface area contributed by atoms with Crippen LogP contribution in [0.1, 0.15) is 28.4 Å². The lowest BCUT2D eigenvalue weighted by Gasteiger charge is -2.19. The summed E-state index contributed by atoms with van der Waals surface area (Å²) in [5.74, 6) is 0.947. The van der Waals surface area contributed by atoms with Gasteiger partial charge in [0.1, 0.15) is 6.10 Å². The molecule has 1 aromatic rings. The van der Waals surface area contributed by atoms with E-state index in [4.69, 9.17) is 9.47 Å². The molecule has 0 spiro atoms. The number of nitrogens with one attached hydrogen (secondary N) is 1. The molecule has 3 N–H and O–H groups in total. The highest BCUT2D eigenvalue weighted by molar-refractivity contribution is 5.79. The Kier molecular flexibility index (Phi) is 4.36. The van der Waals surface area contributed by atoms with Crippen molar-refractivity contribution >= 4 is 6.29 Å². The molecule has 1 aliphatic rings. The molecule has 104 valence electrons. The molecule has 0 saturated carbocycles. The van der Waals surface area contributed by atoms with Crippen molar-refractivity contribution in [3.63, 3.8) is 0 Å². The number of carbonyl (C=O) groups excluding carboxylic acids is 1. The summed E-state index contributed by atoms with van der Waals surface area (Å²) in [5.41, 5.74) is 0.642. The molecule has 2 atom stereocenters. The lowest BCUT2D eigenvalue weighted by atomic mass is 9.97. The fourth-order valence-corrected chi connectivity index (χ4v) is 1.99. The zero-order valence-corrected chi connectivity index (χ0v) is 10.6. The van der Waals surface area contributed by atoms with E-state index >= 15 is 0 Å². The minimum Gasteiger partial charge on any atom is -0.454 e. The lowest BCUT2D eigenvalue weighted by molar-refractivity contribution is 0.0136. The Morgan fingerprint density at radius 1 is 1.37 bits per heavy atom. The van der Waals surface area contributed by atoms with Crippen LogP contribution in [-0.4, -0.2) is 43.0 Å². The Labute approximate surface area is 111 Å². The molecule has 0 saturated heterocycles. The number of benzene rings is 1. The summed E-state index contributed by atoms with van der Waals surface area (Å²) in [7, 11) is 1.76. The summed E-state index contributed by atoms with van der Waals surface area (Å²) in [5, 5.41) is 22.9. The number of aliphatic hydroxyl groups excluding tert-OH is 2. The summed E-state index contributed by atoms with van der Waals surface area (Å²) < 4.78 is 10.4. The van der Waals surface area contributed by atoms with Crippen LogP contribution >= 0.6 is 0 Å². The Morgan fingerprint density at radius 3 is 2.68 bits per heavy atom. The molecular weight excluding hydrogens is 250 g/mol. The van der Waals surface area contributed by atoms with Crippen molar-refractivity contribution in [2.45, 2.75) is 18.6 Å². The van der Waals surface area contributed by atoms with Gasteiger partial charge in [0.15, 0.2) is 17.8 Å². The van der Waals surface area contributed by atoms with Crippen molar-refractivity contribution in [1.29, 1.82) is 0 Å². The second kappa shape index (κ2) is 6.01. The van der Waals surface area contributed by atoms with Gasteiger partial charge in [-0.1, -0.05) is 0 Å². The fourth-order valence-electron chi connectivity index (χ4n) is 1.99. The first-order valence-corrected chi connectivity index (χ1v) is 6.06. The SMILES string of the molecule is CNCCC(O)C(O)c1cc2c(cc1C=O)OCO2. The molecular formula is C13H17NO5. The van der Waals surface area contributed by atoms with Gasteiger partial charge in [-0.15, -0.1) is 0 Å². The maximum atomic E-state index is 11.1. The minimum atomic E-state index is -1.14. The summed E-state index contributed by atoms with van der Waals surface area (Å²) >= 11 is 0. The van der Waals surface area contributed by atoms with Crippen LogP contribution in [0.2, 0.25) is 0 Å². The average Bonchev–Trinajstić information content (AvgIpc) is 2.89. The number of carbonyl (C=O) groups is 1. The van der Waals surface area contributed by atoms with Crippen molar-refractivity contribution in [3.8, 4) is 11.5 Å². The highest BCUT2D eigenvalue weighted by Crippen LogP contribution is 2.37. The highest BCUT2D eigenvalue weighted by atomic mass is 16.7. The van der Waals surface area contributed by atoms with Gasteiger partial charge >= 0.3 is 0 Å². The van der Waals surface area contributed by atoms with E-state index in [9.17, 15) is 15.0 Å². The first-order chi connectivity index (χ1) is 9.17. The van der Waals surface area contributed by atoms with Gasteiger partial charge in [0.2, 0.25) is 6.79 Å². The third kappa shape index (κ3) is 2.86. The van der Waals surface area contributed by atoms with Crippen LogP contribution in [0.4, 0.5) is 0 Å². The van der Waals surface area contributed by atoms with Crippen molar-refractivity contribution in [1.82, 2.24) is 5.32 Å². The number of hydrogen-bond acceptors (Lipinski definition) is 6. The number of rotatable bonds is 6. The summed E-state index contributed by atoms with van der Waals surface area (Å²) in [6.07, 6.45) is -1.08. The third-order valence-corrected chi connectivity index (χ3v) is 3.08. The first kappa shape index (κ1) is 13.8. The maximum absolute atomic E-state index is 11.1. The molecule has 19 heavy (non-hydrogen) atoms. The molecule has 6 heteroatoms. The molecule has 0 aliphatic carbocycles. The van der Waals surface area contributed by atoms with Gasteiger partial charge in [0.25, 0.3) is 0 Å². The van der Waals surface area contributed by atoms with Crippen LogP contribution in [0.25, 0.3) is 0 Å². The number of fused-ring (bicyclic) bond motifs is 1. The Balaban J connectivity index is 2.25. The van der Waals surface area contributed by atoms with Crippen LogP contribution in [0, 0.1) is 0 Å². The van der Waals surface area contributed by atoms with E-state index in [1.807, 2.05) is 0 Å². The summed E-state index contributed by atoms with van der Waals surface area (Å²) in [4.78, 5) is 11.1. The quantitative estimate of drug-likeness (QED) is 0.640. The number of aldehydes is 1. The van der Waals surface area contributed by atoms with Crippen molar-refractivity contribution < 1.29 is 24.5 Å². The third-order valence-electron chi connectivity index (χ3n) is 3.08. The summed E-state index contributed by atoms with van der Waals surface area (Å²) in [6, 6.07) is 3.05. The molecule has 0 fully saturated rings. The molecule has 1 aliphatic heterocycles. The monoisotopic (exact) mass is 267 g/mol. The van der Waals surface area contributed by atoms with Crippen LogP contribution in [0.15, 0.2) is 12.1 Å². The normalized spacial score (nSPS) is 16.2. The average molecular weight is 267 g/mol. The van der Waals surface area contributed by atoms with Gasteiger partial charge in [-0.25, -0.2) is 0 Å². The van der Waals surface area contributed by atoms with Crippen molar-refractivity contribution in [2.24, 2.45) is 0 Å². The van der Waals surface area contributed by atoms with Gasteiger partial charge < -0.3 is 25.0 Å². The van der Waals surface area contributed by atoms with Crippen molar-refractivity contribution in [2.75, 3.05) is 20.4 Å². The van der Waals surface area contributed by atoms with E-state index in [-0.39, 0.29) is 6.79 Å². The van der Waals surface area contributed by atoms with E-state index in [0.29, 0.717) is 41.9 Å². The Morgan fingerprint density at radius 2 is 2.05 bits per heavy atom. The largest absolute Gasteiger partial charge is 0.454 e. The van der Waals surface area contributed by atoms with Gasteiger partial charge in [-0.3, -0.25) is 4.79 Å². The van der Waals surface area contributed by atoms with Gasteiger partial charge in [-0.2, -0.15) is 0 Å². The molecule has 0 radical (unpaired) electrons. The predicted molar refractivity (Wildman–Crippen MR) is 67.5 cm³/mol. The molecule has 6 nitrogen and oxygen atoms in total. The van der Waals surface area contributed by atoms with E-state index in [1.54, 1.807) is 13.1 Å². The zero-order valence-electron chi connectivity index (χ0n) is 10.6. The molecule has 0 amide bonds. The van der Waals surface area contributed by atoms with Crippen LogP contribution in [0.5, 0.6) is 11.5 Å². The van der Waals surface area contributed by atoms with E-state index in [1.165, 1.54) is 6.07 Å². The van der Waals surface area contributed by atoms with Crippen LogP contribution < -0.4 is 14.8 Å². The number of aliphatic hydroxyl groups is 2. The molecule has 0 bridgehead atoms. The lowest BCUT2D eigenvalue weighted by Crippen LogP contribution is -2.24. The standard InChI is InChI=1S/C13H17NO5/c1-14-3-2-10(16)13(17)9-5-12-11(18-7-19-12)4-8(9)6-15/h4-6,10,13-14,16-17H,2-3,7H2,1H3. The first-order valence-electron chi connectivity index (χ1n) is 6.06.